The Kier molecular flexibility index (Phi) is 4.62. The van der Waals surface area contributed by atoms with E-state index in [1.54, 1.807) is 0 Å². The van der Waals surface area contributed by atoms with Crippen molar-refractivity contribution in [3.05, 3.63) is 29.8 Å². The molecule has 1 atom stereocenters. The van der Waals surface area contributed by atoms with Gasteiger partial charge in [0, 0.05) is 31.4 Å². The fraction of sp³-hybridized carbons (Fsp3) is 0.667. The Labute approximate surface area is 123 Å². The van der Waals surface area contributed by atoms with Crippen LogP contribution in [0.25, 0.3) is 0 Å². The van der Waals surface area contributed by atoms with Gasteiger partial charge < -0.3 is 10.2 Å². The molecule has 3 rings (SSSR count). The number of nitrogens with one attached hydrogen (secondary N) is 1. The minimum atomic E-state index is 0.703. The van der Waals surface area contributed by atoms with Crippen molar-refractivity contribution in [1.82, 2.24) is 5.32 Å². The van der Waals surface area contributed by atoms with E-state index in [0.717, 1.165) is 25.4 Å². The summed E-state index contributed by atoms with van der Waals surface area (Å²) in [5.74, 6) is 0.904. The summed E-state index contributed by atoms with van der Waals surface area (Å²) < 4.78 is 0. The third kappa shape index (κ3) is 3.17. The van der Waals surface area contributed by atoms with Crippen molar-refractivity contribution in [2.24, 2.45) is 5.92 Å². The van der Waals surface area contributed by atoms with Crippen LogP contribution in [0.4, 0.5) is 5.69 Å². The summed E-state index contributed by atoms with van der Waals surface area (Å²) in [7, 11) is 0. The van der Waals surface area contributed by atoms with Crippen LogP contribution in [0.3, 0.4) is 0 Å². The van der Waals surface area contributed by atoms with Crippen molar-refractivity contribution in [2.75, 3.05) is 24.5 Å². The van der Waals surface area contributed by atoms with Gasteiger partial charge in [-0.25, -0.2) is 0 Å². The van der Waals surface area contributed by atoms with Crippen molar-refractivity contribution in [3.8, 4) is 0 Å². The second-order valence-electron chi connectivity index (χ2n) is 6.43. The minimum absolute atomic E-state index is 0.703. The van der Waals surface area contributed by atoms with Gasteiger partial charge in [0.25, 0.3) is 0 Å². The number of nitrogens with zero attached hydrogens (tertiary/aromatic N) is 1. The molecule has 0 aromatic heterocycles. The normalized spacial score (nSPS) is 24.9. The minimum Gasteiger partial charge on any atom is -0.369 e. The van der Waals surface area contributed by atoms with E-state index in [4.69, 9.17) is 0 Å². The summed E-state index contributed by atoms with van der Waals surface area (Å²) in [5.41, 5.74) is 2.88. The Hall–Kier alpha value is -1.02. The number of hydrogen-bond donors (Lipinski definition) is 1. The zero-order valence-electron chi connectivity index (χ0n) is 12.8. The zero-order chi connectivity index (χ0) is 13.8. The standard InChI is InChI=1S/C18H28N2/c1-2-15-7-6-10-17(13-15)20-12-11-19-18(14-20)16-8-4-3-5-9-16/h6-7,10,13,16,18-19H,2-5,8-9,11-12,14H2,1H3. The van der Waals surface area contributed by atoms with E-state index < -0.39 is 0 Å². The molecule has 1 unspecified atom stereocenters. The van der Waals surface area contributed by atoms with Crippen LogP contribution in [0.2, 0.25) is 0 Å². The Balaban J connectivity index is 1.67. The van der Waals surface area contributed by atoms with E-state index in [9.17, 15) is 0 Å². The summed E-state index contributed by atoms with van der Waals surface area (Å²) >= 11 is 0. The van der Waals surface area contributed by atoms with Crippen LogP contribution in [0.1, 0.15) is 44.6 Å². The van der Waals surface area contributed by atoms with Crippen molar-refractivity contribution >= 4 is 5.69 Å². The highest BCUT2D eigenvalue weighted by molar-refractivity contribution is 5.49. The van der Waals surface area contributed by atoms with Crippen LogP contribution in [0.5, 0.6) is 0 Å². The van der Waals surface area contributed by atoms with Crippen LogP contribution in [-0.4, -0.2) is 25.7 Å². The molecule has 2 fully saturated rings. The maximum atomic E-state index is 3.78. The van der Waals surface area contributed by atoms with E-state index in [1.807, 2.05) is 0 Å². The summed E-state index contributed by atoms with van der Waals surface area (Å²) in [5, 5.41) is 3.78. The topological polar surface area (TPSA) is 15.3 Å². The number of aryl methyl sites for hydroxylation is 1. The first-order chi connectivity index (χ1) is 9.86. The maximum absolute atomic E-state index is 3.78. The fourth-order valence-electron chi connectivity index (χ4n) is 3.84. The molecule has 2 aliphatic rings. The van der Waals surface area contributed by atoms with Gasteiger partial charge >= 0.3 is 0 Å². The predicted octanol–water partition coefficient (Wildman–Crippen LogP) is 3.61. The molecule has 2 heteroatoms. The predicted molar refractivity (Wildman–Crippen MR) is 86.4 cm³/mol. The number of hydrogen-bond acceptors (Lipinski definition) is 2. The fourth-order valence-corrected chi connectivity index (χ4v) is 3.84. The lowest BCUT2D eigenvalue weighted by Gasteiger charge is -2.40. The summed E-state index contributed by atoms with van der Waals surface area (Å²) in [4.78, 5) is 2.59. The highest BCUT2D eigenvalue weighted by Crippen LogP contribution is 2.29. The molecule has 1 saturated heterocycles. The van der Waals surface area contributed by atoms with Gasteiger partial charge in [0.05, 0.1) is 0 Å². The average Bonchev–Trinajstić information content (AvgIpc) is 2.56. The SMILES string of the molecule is CCc1cccc(N2CCNC(C3CCCCC3)C2)c1. The molecule has 0 bridgehead atoms. The molecular weight excluding hydrogens is 244 g/mol. The number of piperazine rings is 1. The van der Waals surface area contributed by atoms with Gasteiger partial charge in [0.15, 0.2) is 0 Å². The molecule has 1 heterocycles. The third-order valence-electron chi connectivity index (χ3n) is 5.11. The average molecular weight is 272 g/mol. The molecule has 20 heavy (non-hydrogen) atoms. The first-order valence-electron chi connectivity index (χ1n) is 8.44. The van der Waals surface area contributed by atoms with Crippen LogP contribution in [0.15, 0.2) is 24.3 Å². The first kappa shape index (κ1) is 13.9. The number of rotatable bonds is 3. The van der Waals surface area contributed by atoms with Gasteiger partial charge in [-0.3, -0.25) is 0 Å². The van der Waals surface area contributed by atoms with E-state index in [0.29, 0.717) is 6.04 Å². The molecule has 1 saturated carbocycles. The van der Waals surface area contributed by atoms with Crippen LogP contribution >= 0.6 is 0 Å². The molecule has 0 radical (unpaired) electrons. The van der Waals surface area contributed by atoms with Gasteiger partial charge in [-0.2, -0.15) is 0 Å². The molecule has 1 aliphatic heterocycles. The molecule has 1 aliphatic carbocycles. The van der Waals surface area contributed by atoms with Crippen molar-refractivity contribution < 1.29 is 0 Å². The van der Waals surface area contributed by atoms with Gasteiger partial charge in [-0.1, -0.05) is 38.3 Å². The molecule has 1 aromatic carbocycles. The van der Waals surface area contributed by atoms with Gasteiger partial charge in [-0.15, -0.1) is 0 Å². The smallest absolute Gasteiger partial charge is 0.0369 e. The number of benzene rings is 1. The van der Waals surface area contributed by atoms with Crippen molar-refractivity contribution in [2.45, 2.75) is 51.5 Å². The Morgan fingerprint density at radius 1 is 1.20 bits per heavy atom. The second kappa shape index (κ2) is 6.62. The molecular formula is C18H28N2. The molecule has 1 N–H and O–H groups in total. The largest absolute Gasteiger partial charge is 0.369 e. The van der Waals surface area contributed by atoms with E-state index in [-0.39, 0.29) is 0 Å². The molecule has 2 nitrogen and oxygen atoms in total. The van der Waals surface area contributed by atoms with E-state index >= 15 is 0 Å². The van der Waals surface area contributed by atoms with Crippen LogP contribution in [0, 0.1) is 5.92 Å². The van der Waals surface area contributed by atoms with Crippen LogP contribution in [-0.2, 0) is 6.42 Å². The highest BCUT2D eigenvalue weighted by Gasteiger charge is 2.28. The van der Waals surface area contributed by atoms with Crippen LogP contribution < -0.4 is 10.2 Å². The molecule has 0 amide bonds. The highest BCUT2D eigenvalue weighted by atomic mass is 15.2. The lowest BCUT2D eigenvalue weighted by Crippen LogP contribution is -2.54. The molecule has 1 aromatic rings. The first-order valence-corrected chi connectivity index (χ1v) is 8.44. The van der Waals surface area contributed by atoms with Gasteiger partial charge in [-0.05, 0) is 42.9 Å². The summed E-state index contributed by atoms with van der Waals surface area (Å²) in [6, 6.07) is 9.82. The zero-order valence-corrected chi connectivity index (χ0v) is 12.8. The monoisotopic (exact) mass is 272 g/mol. The third-order valence-corrected chi connectivity index (χ3v) is 5.11. The quantitative estimate of drug-likeness (QED) is 0.904. The van der Waals surface area contributed by atoms with E-state index in [1.165, 1.54) is 49.9 Å². The summed E-state index contributed by atoms with van der Waals surface area (Å²) in [6.07, 6.45) is 8.32. The van der Waals surface area contributed by atoms with Crippen molar-refractivity contribution in [1.29, 1.82) is 0 Å². The van der Waals surface area contributed by atoms with Gasteiger partial charge in [0.1, 0.15) is 0 Å². The van der Waals surface area contributed by atoms with Gasteiger partial charge in [0.2, 0.25) is 0 Å². The molecule has 0 spiro atoms. The molecule has 110 valence electrons. The Morgan fingerprint density at radius 3 is 2.85 bits per heavy atom. The Morgan fingerprint density at radius 2 is 2.05 bits per heavy atom. The Bertz CT molecular complexity index is 423. The second-order valence-corrected chi connectivity index (χ2v) is 6.43. The number of anilines is 1. The summed E-state index contributed by atoms with van der Waals surface area (Å²) in [6.45, 7) is 5.72. The maximum Gasteiger partial charge on any atom is 0.0369 e. The lowest BCUT2D eigenvalue weighted by molar-refractivity contribution is 0.257. The van der Waals surface area contributed by atoms with Crippen molar-refractivity contribution in [3.63, 3.8) is 0 Å². The van der Waals surface area contributed by atoms with E-state index in [2.05, 4.69) is 41.4 Å². The lowest BCUT2D eigenvalue weighted by atomic mass is 9.83.